The highest BCUT2D eigenvalue weighted by atomic mass is 16.5. The van der Waals surface area contributed by atoms with Crippen LogP contribution in [0.1, 0.15) is 17.5 Å². The van der Waals surface area contributed by atoms with Crippen LogP contribution in [-0.2, 0) is 27.4 Å². The number of hydrogen-bond acceptors (Lipinski definition) is 3. The van der Waals surface area contributed by atoms with Gasteiger partial charge in [0.2, 0.25) is 11.8 Å². The average molecular weight is 366 g/mol. The Morgan fingerprint density at radius 3 is 1.85 bits per heavy atom. The molecule has 27 heavy (non-hydrogen) atoms. The van der Waals surface area contributed by atoms with Gasteiger partial charge in [0.05, 0.1) is 6.61 Å². The summed E-state index contributed by atoms with van der Waals surface area (Å²) < 4.78 is 5.52. The third kappa shape index (κ3) is 5.93. The van der Waals surface area contributed by atoms with Gasteiger partial charge in [0.25, 0.3) is 0 Å². The zero-order valence-corrected chi connectivity index (χ0v) is 15.5. The molecule has 1 saturated heterocycles. The molecule has 2 aromatic carbocycles. The zero-order valence-electron chi connectivity index (χ0n) is 15.5. The first-order valence-electron chi connectivity index (χ1n) is 9.43. The SMILES string of the molecule is O=C(CCc1ccccc1)N1CCN(C(=O)COCc2ccccc2)CC1. The molecule has 0 aromatic heterocycles. The van der Waals surface area contributed by atoms with E-state index >= 15 is 0 Å². The van der Waals surface area contributed by atoms with E-state index in [4.69, 9.17) is 4.74 Å². The van der Waals surface area contributed by atoms with E-state index in [-0.39, 0.29) is 18.4 Å². The lowest BCUT2D eigenvalue weighted by Gasteiger charge is -2.34. The lowest BCUT2D eigenvalue weighted by molar-refractivity contribution is -0.142. The van der Waals surface area contributed by atoms with Crippen molar-refractivity contribution in [2.75, 3.05) is 32.8 Å². The summed E-state index contributed by atoms with van der Waals surface area (Å²) in [4.78, 5) is 28.3. The molecule has 1 fully saturated rings. The quantitative estimate of drug-likeness (QED) is 0.757. The Labute approximate surface area is 160 Å². The Hall–Kier alpha value is -2.66. The third-order valence-corrected chi connectivity index (χ3v) is 4.79. The predicted molar refractivity (Wildman–Crippen MR) is 104 cm³/mol. The Balaban J connectivity index is 1.35. The largest absolute Gasteiger partial charge is 0.367 e. The van der Waals surface area contributed by atoms with Gasteiger partial charge >= 0.3 is 0 Å². The van der Waals surface area contributed by atoms with Crippen LogP contribution in [0.25, 0.3) is 0 Å². The van der Waals surface area contributed by atoms with E-state index in [1.165, 1.54) is 5.56 Å². The number of benzene rings is 2. The number of ether oxygens (including phenoxy) is 1. The van der Waals surface area contributed by atoms with E-state index in [1.807, 2.05) is 65.6 Å². The topological polar surface area (TPSA) is 49.9 Å². The van der Waals surface area contributed by atoms with Crippen LogP contribution in [0.2, 0.25) is 0 Å². The van der Waals surface area contributed by atoms with Crippen molar-refractivity contribution < 1.29 is 14.3 Å². The molecule has 5 heteroatoms. The van der Waals surface area contributed by atoms with Crippen molar-refractivity contribution in [3.63, 3.8) is 0 Å². The van der Waals surface area contributed by atoms with E-state index in [9.17, 15) is 9.59 Å². The maximum Gasteiger partial charge on any atom is 0.248 e. The van der Waals surface area contributed by atoms with E-state index in [1.54, 1.807) is 4.90 Å². The van der Waals surface area contributed by atoms with E-state index in [2.05, 4.69) is 0 Å². The van der Waals surface area contributed by atoms with Crippen molar-refractivity contribution in [2.24, 2.45) is 0 Å². The lowest BCUT2D eigenvalue weighted by atomic mass is 10.1. The molecule has 1 aliphatic heterocycles. The molecule has 0 aliphatic carbocycles. The van der Waals surface area contributed by atoms with Crippen LogP contribution in [0.15, 0.2) is 60.7 Å². The van der Waals surface area contributed by atoms with Crippen LogP contribution in [-0.4, -0.2) is 54.4 Å². The normalized spacial score (nSPS) is 14.2. The molecule has 0 unspecified atom stereocenters. The van der Waals surface area contributed by atoms with Crippen molar-refractivity contribution >= 4 is 11.8 Å². The van der Waals surface area contributed by atoms with E-state index in [0.717, 1.165) is 12.0 Å². The first kappa shape index (κ1) is 19.1. The summed E-state index contributed by atoms with van der Waals surface area (Å²) in [5.74, 6) is 0.147. The summed E-state index contributed by atoms with van der Waals surface area (Å²) >= 11 is 0. The summed E-state index contributed by atoms with van der Waals surface area (Å²) in [6.07, 6.45) is 1.27. The molecule has 2 amide bonds. The van der Waals surface area contributed by atoms with Crippen LogP contribution >= 0.6 is 0 Å². The smallest absolute Gasteiger partial charge is 0.248 e. The van der Waals surface area contributed by atoms with Gasteiger partial charge < -0.3 is 14.5 Å². The standard InChI is InChI=1S/C22H26N2O3/c25-21(12-11-19-7-3-1-4-8-19)23-13-15-24(16-14-23)22(26)18-27-17-20-9-5-2-6-10-20/h1-10H,11-18H2. The molecule has 5 nitrogen and oxygen atoms in total. The summed E-state index contributed by atoms with van der Waals surface area (Å²) in [5, 5.41) is 0. The molecular weight excluding hydrogens is 340 g/mol. The molecule has 1 aliphatic rings. The van der Waals surface area contributed by atoms with Gasteiger partial charge in [0, 0.05) is 32.6 Å². The molecule has 3 rings (SSSR count). The fourth-order valence-corrected chi connectivity index (χ4v) is 3.18. The number of rotatable bonds is 7. The van der Waals surface area contributed by atoms with Crippen molar-refractivity contribution in [1.29, 1.82) is 0 Å². The number of nitrogens with zero attached hydrogens (tertiary/aromatic N) is 2. The molecule has 2 aromatic rings. The van der Waals surface area contributed by atoms with Crippen LogP contribution in [0, 0.1) is 0 Å². The zero-order chi connectivity index (χ0) is 18.9. The van der Waals surface area contributed by atoms with E-state index in [0.29, 0.717) is 39.2 Å². The van der Waals surface area contributed by atoms with Crippen LogP contribution in [0.4, 0.5) is 0 Å². The third-order valence-electron chi connectivity index (χ3n) is 4.79. The molecule has 0 bridgehead atoms. The summed E-state index contributed by atoms with van der Waals surface area (Å²) in [6, 6.07) is 19.9. The monoisotopic (exact) mass is 366 g/mol. The number of amides is 2. The number of aryl methyl sites for hydroxylation is 1. The minimum atomic E-state index is -0.0117. The van der Waals surface area contributed by atoms with Crippen LogP contribution < -0.4 is 0 Å². The van der Waals surface area contributed by atoms with Gasteiger partial charge in [-0.3, -0.25) is 9.59 Å². The summed E-state index contributed by atoms with van der Waals surface area (Å²) in [7, 11) is 0. The van der Waals surface area contributed by atoms with Crippen LogP contribution in [0.3, 0.4) is 0 Å². The number of carbonyl (C=O) groups excluding carboxylic acids is 2. The molecule has 142 valence electrons. The average Bonchev–Trinajstić information content (AvgIpc) is 2.73. The summed E-state index contributed by atoms with van der Waals surface area (Å²) in [5.41, 5.74) is 2.23. The molecule has 0 N–H and O–H groups in total. The van der Waals surface area contributed by atoms with Gasteiger partial charge in [0.1, 0.15) is 6.61 Å². The second-order valence-corrected chi connectivity index (χ2v) is 6.73. The first-order valence-corrected chi connectivity index (χ1v) is 9.43. The number of carbonyl (C=O) groups is 2. The molecule has 0 atom stereocenters. The van der Waals surface area contributed by atoms with Gasteiger partial charge in [-0.25, -0.2) is 0 Å². The van der Waals surface area contributed by atoms with Gasteiger partial charge in [-0.2, -0.15) is 0 Å². The Bertz CT molecular complexity index is 726. The van der Waals surface area contributed by atoms with Crippen molar-refractivity contribution in [2.45, 2.75) is 19.4 Å². The minimum Gasteiger partial charge on any atom is -0.367 e. The molecule has 0 saturated carbocycles. The van der Waals surface area contributed by atoms with Crippen molar-refractivity contribution in [3.8, 4) is 0 Å². The fraction of sp³-hybridized carbons (Fsp3) is 0.364. The fourth-order valence-electron chi connectivity index (χ4n) is 3.18. The van der Waals surface area contributed by atoms with Crippen LogP contribution in [0.5, 0.6) is 0 Å². The minimum absolute atomic E-state index is 0.0117. The summed E-state index contributed by atoms with van der Waals surface area (Å²) in [6.45, 7) is 2.85. The maximum absolute atomic E-state index is 12.4. The first-order chi connectivity index (χ1) is 13.2. The Kier molecular flexibility index (Phi) is 6.99. The molecule has 0 spiro atoms. The van der Waals surface area contributed by atoms with Gasteiger partial charge in [-0.05, 0) is 17.5 Å². The number of piperazine rings is 1. The highest BCUT2D eigenvalue weighted by Crippen LogP contribution is 2.09. The molecular formula is C22H26N2O3. The second-order valence-electron chi connectivity index (χ2n) is 6.73. The van der Waals surface area contributed by atoms with Crippen molar-refractivity contribution in [3.05, 3.63) is 71.8 Å². The predicted octanol–water partition coefficient (Wildman–Crippen LogP) is 2.51. The number of hydrogen-bond donors (Lipinski definition) is 0. The van der Waals surface area contributed by atoms with Gasteiger partial charge in [0.15, 0.2) is 0 Å². The van der Waals surface area contributed by atoms with Gasteiger partial charge in [-0.1, -0.05) is 60.7 Å². The Morgan fingerprint density at radius 1 is 0.741 bits per heavy atom. The maximum atomic E-state index is 12.4. The lowest BCUT2D eigenvalue weighted by Crippen LogP contribution is -2.51. The Morgan fingerprint density at radius 2 is 1.26 bits per heavy atom. The molecule has 1 heterocycles. The second kappa shape index (κ2) is 9.88. The molecule has 0 radical (unpaired) electrons. The highest BCUT2D eigenvalue weighted by Gasteiger charge is 2.23. The highest BCUT2D eigenvalue weighted by molar-refractivity contribution is 5.79. The van der Waals surface area contributed by atoms with Crippen molar-refractivity contribution in [1.82, 2.24) is 9.80 Å². The van der Waals surface area contributed by atoms with E-state index < -0.39 is 0 Å². The van der Waals surface area contributed by atoms with Gasteiger partial charge in [-0.15, -0.1) is 0 Å².